The van der Waals surface area contributed by atoms with Crippen molar-refractivity contribution in [2.75, 3.05) is 7.11 Å². The number of fused-ring (bicyclic) bond motifs is 1. The summed E-state index contributed by atoms with van der Waals surface area (Å²) in [6.45, 7) is 0. The SMILES string of the molecule is COc1cc(C2CC(=O)c3ccccc3O2)cc(Cc2ccccc2)c1O. The van der Waals surface area contributed by atoms with Gasteiger partial charge in [0.15, 0.2) is 17.3 Å². The van der Waals surface area contributed by atoms with Crippen LogP contribution in [0.15, 0.2) is 66.7 Å². The summed E-state index contributed by atoms with van der Waals surface area (Å²) in [5.74, 6) is 1.15. The molecule has 27 heavy (non-hydrogen) atoms. The number of hydrogen-bond donors (Lipinski definition) is 1. The van der Waals surface area contributed by atoms with Gasteiger partial charge in [0.25, 0.3) is 0 Å². The molecule has 0 saturated heterocycles. The Morgan fingerprint density at radius 1 is 1.07 bits per heavy atom. The zero-order chi connectivity index (χ0) is 18.8. The molecule has 4 rings (SSSR count). The van der Waals surface area contributed by atoms with Crippen molar-refractivity contribution in [1.82, 2.24) is 0 Å². The summed E-state index contributed by atoms with van der Waals surface area (Å²) >= 11 is 0. The van der Waals surface area contributed by atoms with E-state index in [4.69, 9.17) is 9.47 Å². The zero-order valence-electron chi connectivity index (χ0n) is 15.0. The normalized spacial score (nSPS) is 15.7. The first-order valence-electron chi connectivity index (χ1n) is 8.88. The number of hydrogen-bond acceptors (Lipinski definition) is 4. The molecular weight excluding hydrogens is 340 g/mol. The number of para-hydroxylation sites is 1. The van der Waals surface area contributed by atoms with Crippen molar-refractivity contribution in [3.05, 3.63) is 89.0 Å². The van der Waals surface area contributed by atoms with Crippen LogP contribution in [0.2, 0.25) is 0 Å². The first-order valence-corrected chi connectivity index (χ1v) is 8.88. The number of carbonyl (C=O) groups excluding carboxylic acids is 1. The fourth-order valence-corrected chi connectivity index (χ4v) is 3.44. The van der Waals surface area contributed by atoms with Crippen molar-refractivity contribution in [3.63, 3.8) is 0 Å². The minimum atomic E-state index is -0.406. The van der Waals surface area contributed by atoms with Crippen molar-refractivity contribution in [1.29, 1.82) is 0 Å². The fourth-order valence-electron chi connectivity index (χ4n) is 3.44. The van der Waals surface area contributed by atoms with Gasteiger partial charge in [0.1, 0.15) is 11.9 Å². The Balaban J connectivity index is 1.71. The van der Waals surface area contributed by atoms with E-state index in [2.05, 4.69) is 0 Å². The van der Waals surface area contributed by atoms with Crippen molar-refractivity contribution < 1.29 is 19.4 Å². The molecule has 4 heteroatoms. The van der Waals surface area contributed by atoms with E-state index in [1.54, 1.807) is 12.1 Å². The molecule has 1 aliphatic rings. The number of phenols is 1. The topological polar surface area (TPSA) is 55.8 Å². The number of methoxy groups -OCH3 is 1. The molecule has 0 spiro atoms. The van der Waals surface area contributed by atoms with Crippen LogP contribution >= 0.6 is 0 Å². The monoisotopic (exact) mass is 360 g/mol. The lowest BCUT2D eigenvalue weighted by molar-refractivity contribution is 0.0849. The summed E-state index contributed by atoms with van der Waals surface area (Å²) in [7, 11) is 1.52. The molecule has 0 amide bonds. The standard InChI is InChI=1S/C23H20O4/c1-26-22-13-16(12-17(23(22)25)11-15-7-3-2-4-8-15)21-14-19(24)18-9-5-6-10-20(18)27-21/h2-10,12-13,21,25H,11,14H2,1H3. The van der Waals surface area contributed by atoms with Gasteiger partial charge in [0.05, 0.1) is 19.1 Å². The lowest BCUT2D eigenvalue weighted by Crippen LogP contribution is -2.20. The predicted octanol–water partition coefficient (Wildman–Crippen LogP) is 4.70. The molecule has 0 radical (unpaired) electrons. The van der Waals surface area contributed by atoms with Crippen LogP contribution in [0.5, 0.6) is 17.2 Å². The van der Waals surface area contributed by atoms with Crippen LogP contribution in [-0.2, 0) is 6.42 Å². The van der Waals surface area contributed by atoms with Gasteiger partial charge < -0.3 is 14.6 Å². The van der Waals surface area contributed by atoms with Crippen LogP contribution in [0, 0.1) is 0 Å². The molecule has 0 fully saturated rings. The average molecular weight is 360 g/mol. The molecule has 1 heterocycles. The van der Waals surface area contributed by atoms with Gasteiger partial charge in [0, 0.05) is 12.0 Å². The summed E-state index contributed by atoms with van der Waals surface area (Å²) in [4.78, 5) is 12.5. The van der Waals surface area contributed by atoms with Crippen LogP contribution in [0.4, 0.5) is 0 Å². The van der Waals surface area contributed by atoms with E-state index in [-0.39, 0.29) is 18.0 Å². The summed E-state index contributed by atoms with van der Waals surface area (Å²) in [5, 5.41) is 10.5. The van der Waals surface area contributed by atoms with Gasteiger partial charge in [-0.1, -0.05) is 42.5 Å². The molecule has 3 aromatic carbocycles. The van der Waals surface area contributed by atoms with Crippen LogP contribution < -0.4 is 9.47 Å². The van der Waals surface area contributed by atoms with Gasteiger partial charge in [-0.15, -0.1) is 0 Å². The van der Waals surface area contributed by atoms with Crippen LogP contribution in [0.1, 0.15) is 39.6 Å². The van der Waals surface area contributed by atoms with Gasteiger partial charge in [-0.05, 0) is 35.4 Å². The van der Waals surface area contributed by atoms with Gasteiger partial charge >= 0.3 is 0 Å². The summed E-state index contributed by atoms with van der Waals surface area (Å²) < 4.78 is 11.4. The van der Waals surface area contributed by atoms with Crippen LogP contribution in [0.3, 0.4) is 0 Å². The van der Waals surface area contributed by atoms with Crippen LogP contribution in [-0.4, -0.2) is 18.0 Å². The Labute approximate surface area is 158 Å². The molecule has 1 aliphatic heterocycles. The molecule has 0 saturated carbocycles. The van der Waals surface area contributed by atoms with E-state index in [9.17, 15) is 9.90 Å². The third kappa shape index (κ3) is 3.38. The number of ether oxygens (including phenoxy) is 2. The van der Waals surface area contributed by atoms with Crippen molar-refractivity contribution in [2.45, 2.75) is 18.9 Å². The first-order chi connectivity index (χ1) is 13.2. The second kappa shape index (κ2) is 7.16. The van der Waals surface area contributed by atoms with E-state index in [0.29, 0.717) is 23.5 Å². The van der Waals surface area contributed by atoms with E-state index in [1.807, 2.05) is 54.6 Å². The van der Waals surface area contributed by atoms with E-state index in [0.717, 1.165) is 16.7 Å². The van der Waals surface area contributed by atoms with Crippen molar-refractivity contribution >= 4 is 5.78 Å². The summed E-state index contributed by atoms with van der Waals surface area (Å²) in [6.07, 6.45) is 0.417. The summed E-state index contributed by atoms with van der Waals surface area (Å²) in [5.41, 5.74) is 3.26. The largest absolute Gasteiger partial charge is 0.504 e. The lowest BCUT2D eigenvalue weighted by atomic mass is 9.93. The van der Waals surface area contributed by atoms with E-state index < -0.39 is 6.10 Å². The molecule has 1 N–H and O–H groups in total. The molecule has 3 aromatic rings. The number of carbonyl (C=O) groups is 1. The van der Waals surface area contributed by atoms with Gasteiger partial charge in [-0.25, -0.2) is 0 Å². The highest BCUT2D eigenvalue weighted by atomic mass is 16.5. The van der Waals surface area contributed by atoms with Crippen LogP contribution in [0.25, 0.3) is 0 Å². The molecule has 0 bridgehead atoms. The number of Topliss-reactive ketones (excluding diaryl/α,β-unsaturated/α-hetero) is 1. The maximum atomic E-state index is 12.5. The third-order valence-corrected chi connectivity index (χ3v) is 4.83. The van der Waals surface area contributed by atoms with Crippen molar-refractivity contribution in [3.8, 4) is 17.2 Å². The highest BCUT2D eigenvalue weighted by Gasteiger charge is 2.28. The highest BCUT2D eigenvalue weighted by Crippen LogP contribution is 2.40. The average Bonchev–Trinajstić information content (AvgIpc) is 2.70. The van der Waals surface area contributed by atoms with E-state index in [1.165, 1.54) is 7.11 Å². The minimum Gasteiger partial charge on any atom is -0.504 e. The number of benzene rings is 3. The highest BCUT2D eigenvalue weighted by molar-refractivity contribution is 6.00. The third-order valence-electron chi connectivity index (χ3n) is 4.83. The maximum absolute atomic E-state index is 12.5. The lowest BCUT2D eigenvalue weighted by Gasteiger charge is -2.26. The number of aromatic hydroxyl groups is 1. The number of rotatable bonds is 4. The number of phenolic OH excluding ortho intramolecular Hbond substituents is 1. The Hall–Kier alpha value is -3.27. The Morgan fingerprint density at radius 3 is 2.59 bits per heavy atom. The molecule has 136 valence electrons. The first kappa shape index (κ1) is 17.2. The van der Waals surface area contributed by atoms with Gasteiger partial charge in [-0.3, -0.25) is 4.79 Å². The maximum Gasteiger partial charge on any atom is 0.170 e. The Kier molecular flexibility index (Phi) is 4.55. The number of ketones is 1. The zero-order valence-corrected chi connectivity index (χ0v) is 15.0. The molecule has 1 unspecified atom stereocenters. The Morgan fingerprint density at radius 2 is 1.81 bits per heavy atom. The predicted molar refractivity (Wildman–Crippen MR) is 103 cm³/mol. The Bertz CT molecular complexity index is 979. The summed E-state index contributed by atoms with van der Waals surface area (Å²) in [6, 6.07) is 20.8. The molecular formula is C23H20O4. The minimum absolute atomic E-state index is 0.0542. The second-order valence-corrected chi connectivity index (χ2v) is 6.62. The molecule has 1 atom stereocenters. The van der Waals surface area contributed by atoms with E-state index >= 15 is 0 Å². The van der Waals surface area contributed by atoms with Gasteiger partial charge in [-0.2, -0.15) is 0 Å². The quantitative estimate of drug-likeness (QED) is 0.733. The van der Waals surface area contributed by atoms with Crippen molar-refractivity contribution in [2.24, 2.45) is 0 Å². The molecule has 0 aliphatic carbocycles. The molecule has 0 aromatic heterocycles. The van der Waals surface area contributed by atoms with Gasteiger partial charge in [0.2, 0.25) is 0 Å². The second-order valence-electron chi connectivity index (χ2n) is 6.62. The smallest absolute Gasteiger partial charge is 0.170 e. The molecule has 4 nitrogen and oxygen atoms in total. The fraction of sp³-hybridized carbons (Fsp3) is 0.174.